The van der Waals surface area contributed by atoms with Crippen LogP contribution in [0.25, 0.3) is 22.1 Å². The van der Waals surface area contributed by atoms with Crippen molar-refractivity contribution in [3.05, 3.63) is 53.7 Å². The highest BCUT2D eigenvalue weighted by Gasteiger charge is 2.20. The van der Waals surface area contributed by atoms with Crippen molar-refractivity contribution in [2.75, 3.05) is 14.2 Å². The molecule has 0 aliphatic carbocycles. The van der Waals surface area contributed by atoms with Crippen LogP contribution in [0.4, 0.5) is 4.39 Å². The number of aromatic nitrogens is 4. The summed E-state index contributed by atoms with van der Waals surface area (Å²) in [6.45, 7) is 0.0930. The second-order valence-corrected chi connectivity index (χ2v) is 8.42. The predicted octanol–water partition coefficient (Wildman–Crippen LogP) is 1.54. The topological polar surface area (TPSA) is 139 Å². The van der Waals surface area contributed by atoms with Crippen molar-refractivity contribution in [3.63, 3.8) is 0 Å². The first-order chi connectivity index (χ1) is 15.2. The third-order valence-electron chi connectivity index (χ3n) is 4.87. The Morgan fingerprint density at radius 3 is 2.62 bits per heavy atom. The van der Waals surface area contributed by atoms with Gasteiger partial charge in [-0.25, -0.2) is 27.9 Å². The number of ether oxygens (including phenoxy) is 2. The Hall–Kier alpha value is -3.64. The number of methoxy groups -OCH3 is 2. The molecule has 0 bridgehead atoms. The fraction of sp³-hybridized carbons (Fsp3) is 0.200. The third kappa shape index (κ3) is 3.97. The molecule has 0 unspecified atom stereocenters. The van der Waals surface area contributed by atoms with E-state index in [0.29, 0.717) is 39.3 Å². The van der Waals surface area contributed by atoms with E-state index in [-0.39, 0.29) is 13.0 Å². The largest absolute Gasteiger partial charge is 0.481 e. The van der Waals surface area contributed by atoms with Gasteiger partial charge in [-0.3, -0.25) is 4.79 Å². The number of pyridine rings is 2. The molecular weight excluding hydrogens is 441 g/mol. The predicted molar refractivity (Wildman–Crippen MR) is 112 cm³/mol. The number of carbonyl (C=O) groups is 1. The van der Waals surface area contributed by atoms with Crippen LogP contribution in [0.1, 0.15) is 11.4 Å². The van der Waals surface area contributed by atoms with Gasteiger partial charge in [-0.15, -0.1) is 0 Å². The smallest absolute Gasteiger partial charge is 0.313 e. The van der Waals surface area contributed by atoms with Gasteiger partial charge in [-0.2, -0.15) is 4.98 Å². The number of hydrogen-bond acceptors (Lipinski definition) is 8. The van der Waals surface area contributed by atoms with E-state index in [4.69, 9.17) is 14.6 Å². The van der Waals surface area contributed by atoms with Gasteiger partial charge in [0.15, 0.2) is 5.65 Å². The summed E-state index contributed by atoms with van der Waals surface area (Å²) in [5.41, 5.74) is 1.97. The summed E-state index contributed by atoms with van der Waals surface area (Å²) >= 11 is 0. The molecule has 1 aromatic carbocycles. The van der Waals surface area contributed by atoms with Crippen molar-refractivity contribution in [1.29, 1.82) is 0 Å². The third-order valence-corrected chi connectivity index (χ3v) is 5.81. The summed E-state index contributed by atoms with van der Waals surface area (Å²) in [5, 5.41) is 5.69. The number of primary sulfonamides is 1. The molecule has 0 aliphatic rings. The molecule has 3 aromatic heterocycles. The van der Waals surface area contributed by atoms with Crippen LogP contribution in [0.5, 0.6) is 5.88 Å². The molecule has 3 heterocycles. The Morgan fingerprint density at radius 2 is 1.97 bits per heavy atom. The average molecular weight is 459 g/mol. The molecule has 4 rings (SSSR count). The van der Waals surface area contributed by atoms with Gasteiger partial charge in [-0.05, 0) is 23.8 Å². The van der Waals surface area contributed by atoms with Gasteiger partial charge >= 0.3 is 5.97 Å². The number of benzene rings is 1. The minimum atomic E-state index is -4.19. The van der Waals surface area contributed by atoms with Crippen LogP contribution in [0.3, 0.4) is 0 Å². The number of rotatable bonds is 6. The highest BCUT2D eigenvalue weighted by Crippen LogP contribution is 2.27. The summed E-state index contributed by atoms with van der Waals surface area (Å²) in [7, 11) is -1.43. The number of halogens is 1. The Morgan fingerprint density at radius 1 is 1.19 bits per heavy atom. The molecule has 0 amide bonds. The molecule has 0 fully saturated rings. The number of imidazole rings is 1. The molecule has 2 N–H and O–H groups in total. The quantitative estimate of drug-likeness (QED) is 0.428. The van der Waals surface area contributed by atoms with Crippen LogP contribution in [0.15, 0.2) is 41.4 Å². The molecule has 0 saturated heterocycles. The van der Waals surface area contributed by atoms with Crippen LogP contribution in [-0.4, -0.2) is 48.1 Å². The molecule has 4 aromatic rings. The summed E-state index contributed by atoms with van der Waals surface area (Å²) in [4.78, 5) is 24.5. The van der Waals surface area contributed by atoms with E-state index in [1.54, 1.807) is 16.7 Å². The summed E-state index contributed by atoms with van der Waals surface area (Å²) in [5.74, 6) is -0.727. The molecule has 0 atom stereocenters. The van der Waals surface area contributed by atoms with E-state index < -0.39 is 26.7 Å². The van der Waals surface area contributed by atoms with Crippen molar-refractivity contribution in [3.8, 4) is 5.88 Å². The number of sulfonamides is 1. The lowest BCUT2D eigenvalue weighted by Crippen LogP contribution is -2.15. The SMILES string of the molecule is COC(=O)Cc1nc2cnc3nc(OC)ccc3c2n1Cc1ccc(S(N)(=O)=O)c(F)c1. The van der Waals surface area contributed by atoms with Crippen LogP contribution < -0.4 is 9.88 Å². The fourth-order valence-electron chi connectivity index (χ4n) is 3.41. The maximum absolute atomic E-state index is 14.4. The lowest BCUT2D eigenvalue weighted by Gasteiger charge is -2.11. The summed E-state index contributed by atoms with van der Waals surface area (Å²) in [6.07, 6.45) is 1.39. The van der Waals surface area contributed by atoms with Crippen LogP contribution >= 0.6 is 0 Å². The van der Waals surface area contributed by atoms with Crippen molar-refractivity contribution in [2.24, 2.45) is 5.14 Å². The number of carbonyl (C=O) groups excluding carboxylic acids is 1. The lowest BCUT2D eigenvalue weighted by atomic mass is 10.2. The Kier molecular flexibility index (Phi) is 5.48. The van der Waals surface area contributed by atoms with E-state index in [1.165, 1.54) is 26.5 Å². The van der Waals surface area contributed by atoms with Crippen molar-refractivity contribution >= 4 is 38.1 Å². The van der Waals surface area contributed by atoms with Crippen molar-refractivity contribution in [1.82, 2.24) is 19.5 Å². The number of nitrogens with two attached hydrogens (primary N) is 1. The van der Waals surface area contributed by atoms with E-state index in [9.17, 15) is 17.6 Å². The Labute approximate surface area is 181 Å². The molecule has 166 valence electrons. The van der Waals surface area contributed by atoms with Crippen LogP contribution in [-0.2, 0) is 32.5 Å². The number of esters is 1. The number of hydrogen-bond donors (Lipinski definition) is 1. The molecular formula is C20H18FN5O5S. The van der Waals surface area contributed by atoms with Gasteiger partial charge in [0.1, 0.15) is 28.5 Å². The van der Waals surface area contributed by atoms with Crippen LogP contribution in [0, 0.1) is 5.82 Å². The van der Waals surface area contributed by atoms with E-state index in [0.717, 1.165) is 12.1 Å². The first kappa shape index (κ1) is 21.6. The van der Waals surface area contributed by atoms with Crippen molar-refractivity contribution in [2.45, 2.75) is 17.9 Å². The zero-order valence-corrected chi connectivity index (χ0v) is 17.9. The molecule has 10 nitrogen and oxygen atoms in total. The molecule has 0 saturated carbocycles. The van der Waals surface area contributed by atoms with Crippen molar-refractivity contribution < 1.29 is 27.1 Å². The number of fused-ring (bicyclic) bond motifs is 3. The van der Waals surface area contributed by atoms with Gasteiger partial charge in [0.25, 0.3) is 0 Å². The minimum Gasteiger partial charge on any atom is -0.481 e. The zero-order chi connectivity index (χ0) is 23.0. The lowest BCUT2D eigenvalue weighted by molar-refractivity contribution is -0.139. The maximum atomic E-state index is 14.4. The first-order valence-corrected chi connectivity index (χ1v) is 10.8. The Balaban J connectivity index is 1.90. The molecule has 0 radical (unpaired) electrons. The first-order valence-electron chi connectivity index (χ1n) is 9.28. The molecule has 12 heteroatoms. The maximum Gasteiger partial charge on any atom is 0.313 e. The summed E-state index contributed by atoms with van der Waals surface area (Å²) < 4.78 is 49.1. The highest BCUT2D eigenvalue weighted by atomic mass is 32.2. The van der Waals surface area contributed by atoms with Crippen LogP contribution in [0.2, 0.25) is 0 Å². The van der Waals surface area contributed by atoms with E-state index in [2.05, 4.69) is 15.0 Å². The monoisotopic (exact) mass is 459 g/mol. The summed E-state index contributed by atoms with van der Waals surface area (Å²) in [6, 6.07) is 7.06. The molecule has 0 spiro atoms. The second-order valence-electron chi connectivity index (χ2n) is 6.89. The minimum absolute atomic E-state index is 0.0930. The average Bonchev–Trinajstić information content (AvgIpc) is 3.09. The molecule has 32 heavy (non-hydrogen) atoms. The van der Waals surface area contributed by atoms with Gasteiger partial charge in [0.2, 0.25) is 15.9 Å². The highest BCUT2D eigenvalue weighted by molar-refractivity contribution is 7.89. The molecule has 0 aliphatic heterocycles. The van der Waals surface area contributed by atoms with Gasteiger partial charge in [-0.1, -0.05) is 6.07 Å². The van der Waals surface area contributed by atoms with Gasteiger partial charge < -0.3 is 14.0 Å². The van der Waals surface area contributed by atoms with E-state index >= 15 is 0 Å². The normalized spacial score (nSPS) is 11.8. The standard InChI is InChI=1S/C20H18FN5O5S/c1-30-17-6-4-12-19-14(9-23-20(12)25-17)24-16(8-18(27)31-2)26(19)10-11-3-5-15(13(21)7-11)32(22,28)29/h3-7,9H,8,10H2,1-2H3,(H2,22,28,29). The Bertz CT molecular complexity index is 1470. The zero-order valence-electron chi connectivity index (χ0n) is 17.1. The van der Waals surface area contributed by atoms with Gasteiger partial charge in [0.05, 0.1) is 25.9 Å². The fourth-order valence-corrected chi connectivity index (χ4v) is 3.99. The second kappa shape index (κ2) is 8.13. The number of nitrogens with zero attached hydrogens (tertiary/aromatic N) is 4. The van der Waals surface area contributed by atoms with E-state index in [1.807, 2.05) is 0 Å². The van der Waals surface area contributed by atoms with Gasteiger partial charge in [0, 0.05) is 18.0 Å².